The van der Waals surface area contributed by atoms with Crippen molar-refractivity contribution >= 4 is 27.6 Å². The van der Waals surface area contributed by atoms with Crippen LogP contribution in [0.4, 0.5) is 5.69 Å². The molecule has 1 aromatic carbocycles. The molecule has 0 spiro atoms. The van der Waals surface area contributed by atoms with Crippen molar-refractivity contribution in [2.24, 2.45) is 5.92 Å². The molecule has 0 unspecified atom stereocenters. The molecule has 0 amide bonds. The number of carbonyl (C=O) groups is 1. The van der Waals surface area contributed by atoms with Crippen molar-refractivity contribution in [3.63, 3.8) is 0 Å². The number of hydrogen-bond donors (Lipinski definition) is 1. The van der Waals surface area contributed by atoms with Gasteiger partial charge in [0.05, 0.1) is 12.2 Å². The Morgan fingerprint density at radius 3 is 2.72 bits per heavy atom. The fourth-order valence-corrected chi connectivity index (χ4v) is 1.51. The van der Waals surface area contributed by atoms with Crippen LogP contribution in [-0.2, 0) is 9.47 Å². The topological polar surface area (TPSA) is 61.5 Å². The number of nitrogens with two attached hydrogens (primary N) is 1. The minimum atomic E-state index is -0.387. The third-order valence-corrected chi connectivity index (χ3v) is 2.87. The lowest BCUT2D eigenvalue weighted by atomic mass is 10.2. The highest BCUT2D eigenvalue weighted by Gasteiger charge is 2.08. The highest BCUT2D eigenvalue weighted by molar-refractivity contribution is 9.10. The van der Waals surface area contributed by atoms with Gasteiger partial charge in [-0.25, -0.2) is 4.79 Å². The largest absolute Gasteiger partial charge is 0.460 e. The summed E-state index contributed by atoms with van der Waals surface area (Å²) in [5, 5.41) is 0. The van der Waals surface area contributed by atoms with Gasteiger partial charge in [0.25, 0.3) is 0 Å². The molecule has 1 aromatic rings. The lowest BCUT2D eigenvalue weighted by Gasteiger charge is -2.08. The number of anilines is 1. The monoisotopic (exact) mass is 315 g/mol. The molecule has 0 aliphatic heterocycles. The van der Waals surface area contributed by atoms with Gasteiger partial charge in [0.15, 0.2) is 0 Å². The Hall–Kier alpha value is -1.07. The van der Waals surface area contributed by atoms with E-state index in [0.717, 1.165) is 4.47 Å². The number of rotatable bonds is 6. The summed E-state index contributed by atoms with van der Waals surface area (Å²) in [6, 6.07) is 4.97. The highest BCUT2D eigenvalue weighted by atomic mass is 79.9. The van der Waals surface area contributed by atoms with E-state index in [-0.39, 0.29) is 12.6 Å². The minimum absolute atomic E-state index is 0.252. The summed E-state index contributed by atoms with van der Waals surface area (Å²) in [7, 11) is 0. The van der Waals surface area contributed by atoms with Gasteiger partial charge < -0.3 is 15.2 Å². The fraction of sp³-hybridized carbons (Fsp3) is 0.462. The molecule has 0 heterocycles. The molecule has 0 atom stereocenters. The SMILES string of the molecule is CC(C)COCCOC(=O)c1ccc(Br)c(N)c1. The van der Waals surface area contributed by atoms with Gasteiger partial charge in [-0.05, 0) is 40.0 Å². The molecular weight excluding hydrogens is 298 g/mol. The van der Waals surface area contributed by atoms with E-state index < -0.39 is 0 Å². The van der Waals surface area contributed by atoms with Gasteiger partial charge in [0.2, 0.25) is 0 Å². The van der Waals surface area contributed by atoms with Gasteiger partial charge in [0.1, 0.15) is 6.61 Å². The first kappa shape index (κ1) is 15.0. The zero-order valence-electron chi connectivity index (χ0n) is 10.6. The Bertz CT molecular complexity index is 407. The standard InChI is InChI=1S/C13H18BrNO3/c1-9(2)8-17-5-6-18-13(16)10-3-4-11(14)12(15)7-10/h3-4,7,9H,5-6,8,15H2,1-2H3. The molecule has 0 saturated heterocycles. The fourth-order valence-electron chi connectivity index (χ4n) is 1.27. The second kappa shape index (κ2) is 7.38. The summed E-state index contributed by atoms with van der Waals surface area (Å²) < 4.78 is 11.1. The maximum Gasteiger partial charge on any atom is 0.338 e. The van der Waals surface area contributed by atoms with Crippen LogP contribution in [0.3, 0.4) is 0 Å². The van der Waals surface area contributed by atoms with Crippen molar-refractivity contribution in [3.8, 4) is 0 Å². The van der Waals surface area contributed by atoms with Crippen LogP contribution in [0.1, 0.15) is 24.2 Å². The minimum Gasteiger partial charge on any atom is -0.460 e. The van der Waals surface area contributed by atoms with E-state index >= 15 is 0 Å². The molecule has 0 aromatic heterocycles. The number of nitrogen functional groups attached to an aromatic ring is 1. The molecule has 4 nitrogen and oxygen atoms in total. The number of halogens is 1. The molecule has 0 aliphatic carbocycles. The molecule has 0 aliphatic rings. The normalized spacial score (nSPS) is 10.7. The molecule has 0 bridgehead atoms. The van der Waals surface area contributed by atoms with Crippen LogP contribution < -0.4 is 5.73 Å². The maximum atomic E-state index is 11.7. The van der Waals surface area contributed by atoms with Crippen molar-refractivity contribution in [1.29, 1.82) is 0 Å². The van der Waals surface area contributed by atoms with Crippen LogP contribution in [0.2, 0.25) is 0 Å². The number of hydrogen-bond acceptors (Lipinski definition) is 4. The third kappa shape index (κ3) is 5.06. The Morgan fingerprint density at radius 2 is 2.11 bits per heavy atom. The van der Waals surface area contributed by atoms with E-state index in [1.54, 1.807) is 18.2 Å². The predicted octanol–water partition coefficient (Wildman–Crippen LogP) is 2.86. The second-order valence-electron chi connectivity index (χ2n) is 4.34. The Labute approximate surface area is 116 Å². The summed E-state index contributed by atoms with van der Waals surface area (Å²) in [5.41, 5.74) is 6.65. The number of esters is 1. The zero-order chi connectivity index (χ0) is 13.5. The predicted molar refractivity (Wildman–Crippen MR) is 74.5 cm³/mol. The molecule has 5 heteroatoms. The van der Waals surface area contributed by atoms with E-state index in [9.17, 15) is 4.79 Å². The summed E-state index contributed by atoms with van der Waals surface area (Å²) in [6.07, 6.45) is 0. The maximum absolute atomic E-state index is 11.7. The summed E-state index contributed by atoms with van der Waals surface area (Å²) >= 11 is 3.27. The Morgan fingerprint density at radius 1 is 1.39 bits per heavy atom. The van der Waals surface area contributed by atoms with E-state index in [2.05, 4.69) is 29.8 Å². The summed E-state index contributed by atoms with van der Waals surface area (Å²) in [5.74, 6) is 0.0920. The third-order valence-electron chi connectivity index (χ3n) is 2.14. The molecule has 0 fully saturated rings. The van der Waals surface area contributed by atoms with Crippen LogP contribution in [0.15, 0.2) is 22.7 Å². The first-order chi connectivity index (χ1) is 8.50. The van der Waals surface area contributed by atoms with Gasteiger partial charge >= 0.3 is 5.97 Å². The number of ether oxygens (including phenoxy) is 2. The van der Waals surface area contributed by atoms with Gasteiger partial charge in [-0.15, -0.1) is 0 Å². The molecule has 18 heavy (non-hydrogen) atoms. The second-order valence-corrected chi connectivity index (χ2v) is 5.20. The Balaban J connectivity index is 2.34. The zero-order valence-corrected chi connectivity index (χ0v) is 12.2. The van der Waals surface area contributed by atoms with E-state index in [4.69, 9.17) is 15.2 Å². The first-order valence-corrected chi connectivity index (χ1v) is 6.60. The van der Waals surface area contributed by atoms with Crippen LogP contribution in [0.5, 0.6) is 0 Å². The van der Waals surface area contributed by atoms with Gasteiger partial charge in [-0.1, -0.05) is 13.8 Å². The molecule has 0 radical (unpaired) electrons. The van der Waals surface area contributed by atoms with Crippen molar-refractivity contribution < 1.29 is 14.3 Å². The molecular formula is C13H18BrNO3. The van der Waals surface area contributed by atoms with Gasteiger partial charge in [-0.3, -0.25) is 0 Å². The van der Waals surface area contributed by atoms with Crippen molar-refractivity contribution in [2.45, 2.75) is 13.8 Å². The van der Waals surface area contributed by atoms with E-state index in [0.29, 0.717) is 30.4 Å². The Kier molecular flexibility index (Phi) is 6.15. The molecule has 2 N–H and O–H groups in total. The van der Waals surface area contributed by atoms with Crippen LogP contribution in [0, 0.1) is 5.92 Å². The molecule has 1 rings (SSSR count). The average Bonchev–Trinajstić information content (AvgIpc) is 2.31. The lowest BCUT2D eigenvalue weighted by molar-refractivity contribution is 0.0277. The van der Waals surface area contributed by atoms with E-state index in [1.165, 1.54) is 0 Å². The van der Waals surface area contributed by atoms with Gasteiger partial charge in [0, 0.05) is 16.8 Å². The van der Waals surface area contributed by atoms with Crippen LogP contribution in [0.25, 0.3) is 0 Å². The smallest absolute Gasteiger partial charge is 0.338 e. The van der Waals surface area contributed by atoms with Crippen molar-refractivity contribution in [1.82, 2.24) is 0 Å². The first-order valence-electron chi connectivity index (χ1n) is 5.80. The molecule has 100 valence electrons. The van der Waals surface area contributed by atoms with Crippen LogP contribution >= 0.6 is 15.9 Å². The summed E-state index contributed by atoms with van der Waals surface area (Å²) in [6.45, 7) is 5.47. The van der Waals surface area contributed by atoms with Gasteiger partial charge in [-0.2, -0.15) is 0 Å². The number of benzene rings is 1. The number of carbonyl (C=O) groups excluding carboxylic acids is 1. The van der Waals surface area contributed by atoms with Crippen molar-refractivity contribution in [3.05, 3.63) is 28.2 Å². The summed E-state index contributed by atoms with van der Waals surface area (Å²) in [4.78, 5) is 11.7. The van der Waals surface area contributed by atoms with Crippen LogP contribution in [-0.4, -0.2) is 25.8 Å². The average molecular weight is 316 g/mol. The quantitative estimate of drug-likeness (QED) is 0.498. The lowest BCUT2D eigenvalue weighted by Crippen LogP contribution is -2.13. The highest BCUT2D eigenvalue weighted by Crippen LogP contribution is 2.20. The molecule has 0 saturated carbocycles. The van der Waals surface area contributed by atoms with E-state index in [1.807, 2.05) is 0 Å². The van der Waals surface area contributed by atoms with Crippen molar-refractivity contribution in [2.75, 3.05) is 25.6 Å².